The van der Waals surface area contributed by atoms with E-state index in [-0.39, 0.29) is 6.04 Å². The van der Waals surface area contributed by atoms with Crippen LogP contribution >= 0.6 is 11.6 Å². The Morgan fingerprint density at radius 2 is 1.62 bits per heavy atom. The van der Waals surface area contributed by atoms with Crippen LogP contribution in [0.4, 0.5) is 5.69 Å². The number of ether oxygens (including phenoxy) is 3. The molecule has 32 heavy (non-hydrogen) atoms. The first kappa shape index (κ1) is 21.8. The molecule has 0 fully saturated rings. The van der Waals surface area contributed by atoms with E-state index < -0.39 is 0 Å². The van der Waals surface area contributed by atoms with Crippen molar-refractivity contribution in [3.63, 3.8) is 0 Å². The number of imidazole rings is 1. The Hall–Kier alpha value is -3.38. The average Bonchev–Trinajstić information content (AvgIpc) is 3.16. The van der Waals surface area contributed by atoms with Crippen LogP contribution in [0, 0.1) is 0 Å². The van der Waals surface area contributed by atoms with Gasteiger partial charge in [-0.15, -0.1) is 0 Å². The number of halogens is 1. The highest BCUT2D eigenvalue weighted by Gasteiger charge is 2.19. The molecule has 1 N–H and O–H groups in total. The highest BCUT2D eigenvalue weighted by atomic mass is 35.5. The zero-order chi connectivity index (χ0) is 22.7. The maximum atomic E-state index is 6.24. The third kappa shape index (κ3) is 4.32. The van der Waals surface area contributed by atoms with Gasteiger partial charge in [-0.05, 0) is 30.7 Å². The Labute approximate surface area is 192 Å². The predicted molar refractivity (Wildman–Crippen MR) is 128 cm³/mol. The summed E-state index contributed by atoms with van der Waals surface area (Å²) in [5.74, 6) is 2.64. The van der Waals surface area contributed by atoms with Crippen LogP contribution in [-0.2, 0) is 6.54 Å². The Bertz CT molecular complexity index is 1200. The summed E-state index contributed by atoms with van der Waals surface area (Å²) in [5, 5.41) is 4.19. The number of nitrogens with zero attached hydrogens (tertiary/aromatic N) is 2. The molecule has 0 aliphatic heterocycles. The van der Waals surface area contributed by atoms with Gasteiger partial charge in [-0.1, -0.05) is 41.9 Å². The summed E-state index contributed by atoms with van der Waals surface area (Å²) < 4.78 is 18.6. The average molecular weight is 452 g/mol. The number of fused-ring (bicyclic) bond motifs is 1. The quantitative estimate of drug-likeness (QED) is 0.359. The monoisotopic (exact) mass is 451 g/mol. The van der Waals surface area contributed by atoms with Gasteiger partial charge >= 0.3 is 0 Å². The van der Waals surface area contributed by atoms with Gasteiger partial charge in [0, 0.05) is 29.4 Å². The fraction of sp³-hybridized carbons (Fsp3) is 0.240. The number of aromatic nitrogens is 2. The van der Waals surface area contributed by atoms with E-state index in [1.807, 2.05) is 48.5 Å². The first-order valence-electron chi connectivity index (χ1n) is 10.3. The number of nitrogens with one attached hydrogen (secondary N) is 1. The van der Waals surface area contributed by atoms with Crippen LogP contribution in [0.25, 0.3) is 11.0 Å². The molecule has 1 heterocycles. The molecule has 6 nitrogen and oxygen atoms in total. The molecule has 4 aromatic rings. The maximum Gasteiger partial charge on any atom is 0.203 e. The minimum Gasteiger partial charge on any atom is -0.493 e. The number of rotatable bonds is 8. The molecule has 0 aliphatic rings. The van der Waals surface area contributed by atoms with Gasteiger partial charge in [0.15, 0.2) is 11.5 Å². The Morgan fingerprint density at radius 3 is 2.25 bits per heavy atom. The summed E-state index contributed by atoms with van der Waals surface area (Å²) in [7, 11) is 4.80. The van der Waals surface area contributed by atoms with Crippen LogP contribution < -0.4 is 19.5 Å². The molecule has 0 bridgehead atoms. The lowest BCUT2D eigenvalue weighted by atomic mass is 10.2. The summed E-state index contributed by atoms with van der Waals surface area (Å²) in [6.45, 7) is 2.78. The fourth-order valence-corrected chi connectivity index (χ4v) is 4.03. The fourth-order valence-electron chi connectivity index (χ4n) is 3.86. The lowest BCUT2D eigenvalue weighted by Gasteiger charge is -2.20. The van der Waals surface area contributed by atoms with Crippen LogP contribution in [0.2, 0.25) is 5.02 Å². The second-order valence-electron chi connectivity index (χ2n) is 7.45. The van der Waals surface area contributed by atoms with Crippen LogP contribution in [0.5, 0.6) is 17.2 Å². The van der Waals surface area contributed by atoms with Crippen molar-refractivity contribution in [3.05, 3.63) is 77.1 Å². The molecule has 1 aromatic heterocycles. The molecule has 0 saturated carbocycles. The maximum absolute atomic E-state index is 6.24. The smallest absolute Gasteiger partial charge is 0.203 e. The minimum atomic E-state index is -0.104. The molecule has 1 unspecified atom stereocenters. The molecule has 166 valence electrons. The van der Waals surface area contributed by atoms with E-state index in [1.165, 1.54) is 5.56 Å². The van der Waals surface area contributed by atoms with Gasteiger partial charge in [-0.3, -0.25) is 0 Å². The predicted octanol–water partition coefficient (Wildman–Crippen LogP) is 5.94. The first-order chi connectivity index (χ1) is 15.5. The van der Waals surface area contributed by atoms with Crippen molar-refractivity contribution in [2.75, 3.05) is 26.6 Å². The Kier molecular flexibility index (Phi) is 6.42. The lowest BCUT2D eigenvalue weighted by Crippen LogP contribution is -2.15. The number of benzene rings is 3. The molecule has 3 aromatic carbocycles. The van der Waals surface area contributed by atoms with E-state index in [9.17, 15) is 0 Å². The molecule has 0 radical (unpaired) electrons. The van der Waals surface area contributed by atoms with Gasteiger partial charge in [0.05, 0.1) is 38.4 Å². The summed E-state index contributed by atoms with van der Waals surface area (Å²) in [4.78, 5) is 4.91. The van der Waals surface area contributed by atoms with E-state index in [4.69, 9.17) is 30.8 Å². The van der Waals surface area contributed by atoms with Crippen molar-refractivity contribution in [3.8, 4) is 17.2 Å². The van der Waals surface area contributed by atoms with E-state index >= 15 is 0 Å². The summed E-state index contributed by atoms with van der Waals surface area (Å²) in [5.41, 5.74) is 3.93. The third-order valence-corrected chi connectivity index (χ3v) is 5.59. The molecule has 7 heteroatoms. The number of hydrogen-bond acceptors (Lipinski definition) is 5. The molecule has 0 saturated heterocycles. The molecule has 1 atom stereocenters. The lowest BCUT2D eigenvalue weighted by molar-refractivity contribution is 0.324. The molecule has 4 rings (SSSR count). The normalized spacial score (nSPS) is 11.9. The Balaban J connectivity index is 1.73. The van der Waals surface area contributed by atoms with Crippen LogP contribution in [-0.4, -0.2) is 30.9 Å². The van der Waals surface area contributed by atoms with Crippen molar-refractivity contribution in [1.29, 1.82) is 0 Å². The molecular formula is C25H26ClN3O3. The number of hydrogen-bond donors (Lipinski definition) is 1. The highest BCUT2D eigenvalue weighted by Crippen LogP contribution is 2.40. The number of methoxy groups -OCH3 is 3. The van der Waals surface area contributed by atoms with E-state index in [2.05, 4.69) is 28.9 Å². The summed E-state index contributed by atoms with van der Waals surface area (Å²) in [6, 6.07) is 19.8. The van der Waals surface area contributed by atoms with Crippen molar-refractivity contribution in [2.24, 2.45) is 0 Å². The van der Waals surface area contributed by atoms with Gasteiger partial charge in [0.1, 0.15) is 5.82 Å². The van der Waals surface area contributed by atoms with Gasteiger partial charge in [-0.2, -0.15) is 0 Å². The van der Waals surface area contributed by atoms with Gasteiger partial charge in [0.25, 0.3) is 0 Å². The van der Waals surface area contributed by atoms with E-state index in [0.717, 1.165) is 22.5 Å². The third-order valence-electron chi connectivity index (χ3n) is 5.36. The first-order valence-corrected chi connectivity index (χ1v) is 10.7. The van der Waals surface area contributed by atoms with Crippen molar-refractivity contribution >= 4 is 28.3 Å². The van der Waals surface area contributed by atoms with E-state index in [1.54, 1.807) is 21.3 Å². The summed E-state index contributed by atoms with van der Waals surface area (Å²) in [6.07, 6.45) is 0. The van der Waals surface area contributed by atoms with Gasteiger partial charge in [-0.25, -0.2) is 4.98 Å². The molecule has 0 amide bonds. The largest absolute Gasteiger partial charge is 0.493 e. The highest BCUT2D eigenvalue weighted by molar-refractivity contribution is 6.31. The zero-order valence-corrected chi connectivity index (χ0v) is 19.3. The van der Waals surface area contributed by atoms with Gasteiger partial charge in [0.2, 0.25) is 5.75 Å². The molecule has 0 spiro atoms. The SMILES string of the molecule is COc1cc(NC(C)c2nc3cc(Cl)ccc3n2Cc2ccccc2)cc(OC)c1OC. The second-order valence-corrected chi connectivity index (χ2v) is 7.89. The molecular weight excluding hydrogens is 426 g/mol. The van der Waals surface area contributed by atoms with Crippen LogP contribution in [0.3, 0.4) is 0 Å². The molecule has 0 aliphatic carbocycles. The second kappa shape index (κ2) is 9.40. The Morgan fingerprint density at radius 1 is 0.938 bits per heavy atom. The van der Waals surface area contributed by atoms with Crippen LogP contribution in [0.1, 0.15) is 24.4 Å². The van der Waals surface area contributed by atoms with Gasteiger partial charge < -0.3 is 24.1 Å². The summed E-state index contributed by atoms with van der Waals surface area (Å²) >= 11 is 6.24. The van der Waals surface area contributed by atoms with Crippen molar-refractivity contribution < 1.29 is 14.2 Å². The zero-order valence-electron chi connectivity index (χ0n) is 18.6. The number of anilines is 1. The standard InChI is InChI=1S/C25H26ClN3O3/c1-16(27-19-13-22(30-2)24(32-4)23(14-19)31-3)25-28-20-12-18(26)10-11-21(20)29(25)15-17-8-6-5-7-9-17/h5-14,16,27H,15H2,1-4H3. The van der Waals surface area contributed by atoms with Crippen molar-refractivity contribution in [2.45, 2.75) is 19.5 Å². The van der Waals surface area contributed by atoms with Crippen LogP contribution in [0.15, 0.2) is 60.7 Å². The minimum absolute atomic E-state index is 0.104. The van der Waals surface area contributed by atoms with E-state index in [0.29, 0.717) is 28.8 Å². The topological polar surface area (TPSA) is 57.5 Å². The van der Waals surface area contributed by atoms with Crippen molar-refractivity contribution in [1.82, 2.24) is 9.55 Å².